The number of carbonyl (C=O) groups excluding carboxylic acids is 2. The van der Waals surface area contributed by atoms with E-state index in [4.69, 9.17) is 16.3 Å². The zero-order valence-electron chi connectivity index (χ0n) is 22.3. The van der Waals surface area contributed by atoms with Crippen LogP contribution in [-0.4, -0.2) is 72.6 Å². The van der Waals surface area contributed by atoms with Gasteiger partial charge in [-0.1, -0.05) is 17.7 Å². The van der Waals surface area contributed by atoms with Gasteiger partial charge in [0.05, 0.1) is 10.9 Å². The Bertz CT molecular complexity index is 1350. The molecule has 1 fully saturated rings. The quantitative estimate of drug-likeness (QED) is 0.506. The van der Waals surface area contributed by atoms with Crippen molar-refractivity contribution < 1.29 is 27.9 Å². The molecule has 1 N–H and O–H groups in total. The summed E-state index contributed by atoms with van der Waals surface area (Å²) >= 11 is 7.18. The highest BCUT2D eigenvalue weighted by Gasteiger charge is 2.41. The van der Waals surface area contributed by atoms with E-state index in [1.54, 1.807) is 21.9 Å². The molecule has 0 spiro atoms. The smallest absolute Gasteiger partial charge is 0.410 e. The van der Waals surface area contributed by atoms with Gasteiger partial charge in [-0.25, -0.2) is 13.2 Å². The lowest BCUT2D eigenvalue weighted by atomic mass is 10.0. The molecule has 1 aromatic carbocycles. The topological polar surface area (TPSA) is 107 Å². The SMILES string of the molecule is CC(C)(C)OC(=O)N1CCCc2cc(N3CC[C@H](N(CCO)S(=O)(=O)C=Cc4ccc(Cl)s4)C3=O)ccc2C1. The third kappa shape index (κ3) is 7.20. The lowest BCUT2D eigenvalue weighted by Gasteiger charge is -2.27. The third-order valence-corrected chi connectivity index (χ3v) is 9.33. The van der Waals surface area contributed by atoms with Gasteiger partial charge in [-0.15, -0.1) is 11.3 Å². The Morgan fingerprint density at radius 2 is 2.00 bits per heavy atom. The summed E-state index contributed by atoms with van der Waals surface area (Å²) in [4.78, 5) is 30.1. The average molecular weight is 596 g/mol. The summed E-state index contributed by atoms with van der Waals surface area (Å²) in [6.07, 6.45) is 2.91. The van der Waals surface area contributed by atoms with Gasteiger partial charge in [-0.2, -0.15) is 4.31 Å². The fourth-order valence-electron chi connectivity index (χ4n) is 4.79. The number of thiophene rings is 1. The summed E-state index contributed by atoms with van der Waals surface area (Å²) in [5.41, 5.74) is 2.16. The first-order valence-electron chi connectivity index (χ1n) is 12.9. The summed E-state index contributed by atoms with van der Waals surface area (Å²) in [7, 11) is -3.98. The normalized spacial score (nSPS) is 18.6. The molecule has 1 aromatic heterocycles. The van der Waals surface area contributed by atoms with Crippen molar-refractivity contribution >= 4 is 56.7 Å². The second-order valence-electron chi connectivity index (χ2n) is 10.6. The number of anilines is 1. The number of halogens is 1. The number of hydrogen-bond donors (Lipinski definition) is 1. The van der Waals surface area contributed by atoms with Crippen LogP contribution in [0, 0.1) is 0 Å². The number of sulfonamides is 1. The number of benzene rings is 1. The van der Waals surface area contributed by atoms with E-state index in [2.05, 4.69) is 0 Å². The molecule has 212 valence electrons. The Kier molecular flexibility index (Phi) is 9.07. The number of aryl methyl sites for hydroxylation is 1. The van der Waals surface area contributed by atoms with Gasteiger partial charge >= 0.3 is 6.09 Å². The Morgan fingerprint density at radius 3 is 2.67 bits per heavy atom. The van der Waals surface area contributed by atoms with Crippen LogP contribution in [0.4, 0.5) is 10.5 Å². The first-order chi connectivity index (χ1) is 18.4. The second-order valence-corrected chi connectivity index (χ2v) is 14.1. The molecule has 9 nitrogen and oxygen atoms in total. The van der Waals surface area contributed by atoms with Crippen molar-refractivity contribution in [3.63, 3.8) is 0 Å². The van der Waals surface area contributed by atoms with Crippen molar-refractivity contribution in [1.82, 2.24) is 9.21 Å². The fraction of sp³-hybridized carbons (Fsp3) is 0.481. The molecule has 3 heterocycles. The van der Waals surface area contributed by atoms with Gasteiger partial charge in [0.2, 0.25) is 15.9 Å². The maximum Gasteiger partial charge on any atom is 0.410 e. The van der Waals surface area contributed by atoms with Gasteiger partial charge in [0.15, 0.2) is 0 Å². The molecule has 2 aromatic rings. The van der Waals surface area contributed by atoms with E-state index in [1.807, 2.05) is 39.0 Å². The van der Waals surface area contributed by atoms with Crippen LogP contribution >= 0.6 is 22.9 Å². The average Bonchev–Trinajstić information content (AvgIpc) is 3.37. The Labute approximate surface area is 238 Å². The number of ether oxygens (including phenoxy) is 1. The molecule has 2 aliphatic rings. The van der Waals surface area contributed by atoms with Gasteiger partial charge in [-0.05, 0) is 81.5 Å². The van der Waals surface area contributed by atoms with Crippen LogP contribution in [0.5, 0.6) is 0 Å². The molecule has 0 radical (unpaired) electrons. The molecular formula is C27H34ClN3O6S2. The van der Waals surface area contributed by atoms with E-state index in [0.717, 1.165) is 33.7 Å². The zero-order chi connectivity index (χ0) is 28.4. The maximum absolute atomic E-state index is 13.5. The molecule has 1 saturated heterocycles. The lowest BCUT2D eigenvalue weighted by Crippen LogP contribution is -2.45. The maximum atomic E-state index is 13.5. The highest BCUT2D eigenvalue weighted by Crippen LogP contribution is 2.31. The number of rotatable bonds is 7. The Morgan fingerprint density at radius 1 is 1.23 bits per heavy atom. The van der Waals surface area contributed by atoms with Crippen molar-refractivity contribution in [1.29, 1.82) is 0 Å². The molecule has 4 rings (SSSR count). The van der Waals surface area contributed by atoms with E-state index < -0.39 is 28.3 Å². The van der Waals surface area contributed by atoms with Crippen LogP contribution in [-0.2, 0) is 32.5 Å². The predicted molar refractivity (Wildman–Crippen MR) is 153 cm³/mol. The standard InChI is InChI=1S/C27H34ClN3O6S2/c1-27(2,3)37-26(34)29-12-4-5-19-17-21(7-6-20(19)18-29)30-13-10-23(25(30)33)31(14-15-32)39(35,36)16-11-22-8-9-24(28)38-22/h6-9,11,16-17,23,32H,4-5,10,12-15,18H2,1-3H3/t23-/m0/s1. The second kappa shape index (κ2) is 12.0. The summed E-state index contributed by atoms with van der Waals surface area (Å²) in [6, 6.07) is 8.19. The van der Waals surface area contributed by atoms with Gasteiger partial charge in [0.25, 0.3) is 0 Å². The molecule has 0 saturated carbocycles. The van der Waals surface area contributed by atoms with Crippen molar-refractivity contribution in [2.24, 2.45) is 0 Å². The first kappa shape index (κ1) is 29.5. The first-order valence-corrected chi connectivity index (χ1v) is 15.5. The largest absolute Gasteiger partial charge is 0.444 e. The predicted octanol–water partition coefficient (Wildman–Crippen LogP) is 4.49. The van der Waals surface area contributed by atoms with E-state index in [1.165, 1.54) is 17.4 Å². The van der Waals surface area contributed by atoms with Crippen molar-refractivity contribution in [3.05, 3.63) is 56.1 Å². The molecule has 0 bridgehead atoms. The monoisotopic (exact) mass is 595 g/mol. The van der Waals surface area contributed by atoms with Crippen molar-refractivity contribution in [2.75, 3.05) is 31.1 Å². The number of amides is 2. The molecule has 0 aliphatic carbocycles. The van der Waals surface area contributed by atoms with Crippen LogP contribution in [0.1, 0.15) is 49.6 Å². The minimum Gasteiger partial charge on any atom is -0.444 e. The number of nitrogens with zero attached hydrogens (tertiary/aromatic N) is 3. The molecule has 12 heteroatoms. The van der Waals surface area contributed by atoms with E-state index in [-0.39, 0.29) is 18.5 Å². The van der Waals surface area contributed by atoms with Gasteiger partial charge in [0, 0.05) is 42.2 Å². The van der Waals surface area contributed by atoms with Crippen LogP contribution in [0.15, 0.2) is 35.7 Å². The van der Waals surface area contributed by atoms with Gasteiger partial charge in [-0.3, -0.25) is 4.79 Å². The van der Waals surface area contributed by atoms with Crippen molar-refractivity contribution in [3.8, 4) is 0 Å². The van der Waals surface area contributed by atoms with Crippen molar-refractivity contribution in [2.45, 2.75) is 58.2 Å². The van der Waals surface area contributed by atoms with E-state index in [0.29, 0.717) is 41.0 Å². The highest BCUT2D eigenvalue weighted by molar-refractivity contribution is 7.92. The molecular weight excluding hydrogens is 562 g/mol. The summed E-state index contributed by atoms with van der Waals surface area (Å²) in [6.45, 7) is 6.27. The lowest BCUT2D eigenvalue weighted by molar-refractivity contribution is -0.120. The molecule has 2 amide bonds. The molecule has 2 aliphatic heterocycles. The highest BCUT2D eigenvalue weighted by atomic mass is 35.5. The number of fused-ring (bicyclic) bond motifs is 1. The molecule has 39 heavy (non-hydrogen) atoms. The molecule has 1 atom stereocenters. The minimum absolute atomic E-state index is 0.188. The number of aliphatic hydroxyl groups is 1. The van der Waals surface area contributed by atoms with Gasteiger partial charge < -0.3 is 19.6 Å². The molecule has 0 unspecified atom stereocenters. The van der Waals surface area contributed by atoms with E-state index in [9.17, 15) is 23.1 Å². The number of aliphatic hydroxyl groups excluding tert-OH is 1. The van der Waals surface area contributed by atoms with Crippen LogP contribution in [0.2, 0.25) is 4.34 Å². The number of carbonyl (C=O) groups is 2. The third-order valence-electron chi connectivity index (χ3n) is 6.56. The summed E-state index contributed by atoms with van der Waals surface area (Å²) in [5, 5.41) is 10.6. The van der Waals surface area contributed by atoms with Crippen LogP contribution in [0.3, 0.4) is 0 Å². The van der Waals surface area contributed by atoms with Crippen LogP contribution < -0.4 is 4.90 Å². The summed E-state index contributed by atoms with van der Waals surface area (Å²) in [5.74, 6) is -0.330. The minimum atomic E-state index is -3.98. The Balaban J connectivity index is 1.50. The van der Waals surface area contributed by atoms with Gasteiger partial charge in [0.1, 0.15) is 11.6 Å². The van der Waals surface area contributed by atoms with Crippen LogP contribution in [0.25, 0.3) is 6.08 Å². The summed E-state index contributed by atoms with van der Waals surface area (Å²) < 4.78 is 33.5. The fourth-order valence-corrected chi connectivity index (χ4v) is 7.20. The zero-order valence-corrected chi connectivity index (χ0v) is 24.7. The number of hydrogen-bond acceptors (Lipinski definition) is 7. The van der Waals surface area contributed by atoms with E-state index >= 15 is 0 Å². The Hall–Kier alpha value is -2.44.